The second kappa shape index (κ2) is 7.85. The van der Waals surface area contributed by atoms with Crippen LogP contribution < -0.4 is 0 Å². The van der Waals surface area contributed by atoms with Crippen molar-refractivity contribution in [2.75, 3.05) is 6.61 Å². The molecule has 6 rings (SSSR count). The van der Waals surface area contributed by atoms with Crippen LogP contribution in [0.4, 0.5) is 4.79 Å². The van der Waals surface area contributed by atoms with Crippen LogP contribution in [0.3, 0.4) is 0 Å². The van der Waals surface area contributed by atoms with Crippen LogP contribution in [0, 0.1) is 5.92 Å². The Morgan fingerprint density at radius 1 is 0.871 bits per heavy atom. The number of fused-ring (bicyclic) bond motifs is 5. The molecule has 160 valence electrons. The third kappa shape index (κ3) is 3.30. The van der Waals surface area contributed by atoms with Crippen LogP contribution in [0.1, 0.15) is 68.4 Å². The summed E-state index contributed by atoms with van der Waals surface area (Å²) >= 11 is 0. The van der Waals surface area contributed by atoms with Crippen molar-refractivity contribution >= 4 is 6.09 Å². The molecule has 1 amide bonds. The number of nitrogens with zero attached hydrogens (tertiary/aromatic N) is 1. The number of hydrogen-bond donors (Lipinski definition) is 0. The lowest BCUT2D eigenvalue weighted by Gasteiger charge is -2.36. The van der Waals surface area contributed by atoms with E-state index in [2.05, 4.69) is 59.5 Å². The summed E-state index contributed by atoms with van der Waals surface area (Å²) in [4.78, 5) is 15.3. The average Bonchev–Trinajstić information content (AvgIpc) is 3.29. The lowest BCUT2D eigenvalue weighted by Crippen LogP contribution is -2.44. The molecule has 2 fully saturated rings. The zero-order valence-electron chi connectivity index (χ0n) is 18.1. The van der Waals surface area contributed by atoms with Gasteiger partial charge in [0.1, 0.15) is 6.61 Å². The maximum absolute atomic E-state index is 13.2. The summed E-state index contributed by atoms with van der Waals surface area (Å²) in [5.41, 5.74) is 6.74. The molecule has 0 N–H and O–H groups in total. The molecular formula is C28H31NO2. The van der Waals surface area contributed by atoms with Crippen molar-refractivity contribution in [1.29, 1.82) is 0 Å². The summed E-state index contributed by atoms with van der Waals surface area (Å²) < 4.78 is 6.00. The predicted molar refractivity (Wildman–Crippen MR) is 123 cm³/mol. The second-order valence-electron chi connectivity index (χ2n) is 9.79. The molecule has 0 spiro atoms. The maximum atomic E-state index is 13.2. The van der Waals surface area contributed by atoms with Gasteiger partial charge in [-0.1, -0.05) is 79.4 Å². The Kier molecular flexibility index (Phi) is 4.85. The largest absolute Gasteiger partial charge is 0.448 e. The number of carbonyl (C=O) groups is 1. The summed E-state index contributed by atoms with van der Waals surface area (Å²) in [6, 6.07) is 17.6. The molecule has 2 aliphatic heterocycles. The Balaban J connectivity index is 1.17. The minimum absolute atomic E-state index is 0.117. The number of ether oxygens (including phenoxy) is 1. The maximum Gasteiger partial charge on any atom is 0.410 e. The molecule has 2 atom stereocenters. The lowest BCUT2D eigenvalue weighted by atomic mass is 9.80. The van der Waals surface area contributed by atoms with Crippen molar-refractivity contribution in [3.05, 3.63) is 71.3 Å². The molecule has 3 nitrogen and oxygen atoms in total. The van der Waals surface area contributed by atoms with Gasteiger partial charge in [0.05, 0.1) is 6.04 Å². The molecule has 4 aliphatic rings. The number of amides is 1. The predicted octanol–water partition coefficient (Wildman–Crippen LogP) is 6.68. The number of carbonyl (C=O) groups excluding carboxylic acids is 1. The topological polar surface area (TPSA) is 29.5 Å². The van der Waals surface area contributed by atoms with Crippen LogP contribution in [-0.2, 0) is 4.74 Å². The summed E-state index contributed by atoms with van der Waals surface area (Å²) in [5.74, 6) is 0.897. The fourth-order valence-electron chi connectivity index (χ4n) is 6.59. The number of benzene rings is 2. The van der Waals surface area contributed by atoms with Crippen LogP contribution in [0.5, 0.6) is 0 Å². The van der Waals surface area contributed by atoms with Gasteiger partial charge in [0.2, 0.25) is 0 Å². The van der Waals surface area contributed by atoms with Gasteiger partial charge >= 0.3 is 6.09 Å². The first kappa shape index (κ1) is 19.2. The Hall–Kier alpha value is -2.55. The average molecular weight is 414 g/mol. The van der Waals surface area contributed by atoms with Gasteiger partial charge in [-0.05, 0) is 60.3 Å². The highest BCUT2D eigenvalue weighted by Gasteiger charge is 2.42. The molecule has 2 bridgehead atoms. The third-order valence-electron chi connectivity index (χ3n) is 8.10. The van der Waals surface area contributed by atoms with Crippen molar-refractivity contribution < 1.29 is 9.53 Å². The molecule has 1 saturated heterocycles. The molecule has 2 heterocycles. The smallest absolute Gasteiger partial charge is 0.410 e. The van der Waals surface area contributed by atoms with Crippen molar-refractivity contribution in [3.63, 3.8) is 0 Å². The zero-order valence-corrected chi connectivity index (χ0v) is 18.1. The SMILES string of the molecule is O=C(OCC1c2ccccc2-c2ccccc21)N1C2C=C(C3CCCCC3)CC1CC2. The summed E-state index contributed by atoms with van der Waals surface area (Å²) in [5, 5.41) is 0. The summed E-state index contributed by atoms with van der Waals surface area (Å²) in [6.45, 7) is 0.419. The minimum Gasteiger partial charge on any atom is -0.448 e. The Bertz CT molecular complexity index is 974. The molecular weight excluding hydrogens is 382 g/mol. The fourth-order valence-corrected chi connectivity index (χ4v) is 6.59. The Morgan fingerprint density at radius 3 is 2.23 bits per heavy atom. The number of hydrogen-bond acceptors (Lipinski definition) is 2. The molecule has 0 aromatic heterocycles. The van der Waals surface area contributed by atoms with Gasteiger partial charge in [0, 0.05) is 12.0 Å². The number of rotatable bonds is 3. The van der Waals surface area contributed by atoms with Gasteiger partial charge in [-0.2, -0.15) is 0 Å². The second-order valence-corrected chi connectivity index (χ2v) is 9.79. The first-order chi connectivity index (χ1) is 15.3. The van der Waals surface area contributed by atoms with E-state index in [9.17, 15) is 4.79 Å². The van der Waals surface area contributed by atoms with Crippen LogP contribution >= 0.6 is 0 Å². The van der Waals surface area contributed by atoms with Gasteiger partial charge in [-0.25, -0.2) is 4.79 Å². The molecule has 2 aliphatic carbocycles. The highest BCUT2D eigenvalue weighted by atomic mass is 16.6. The first-order valence-corrected chi connectivity index (χ1v) is 12.1. The highest BCUT2D eigenvalue weighted by Crippen LogP contribution is 2.45. The van der Waals surface area contributed by atoms with Crippen molar-refractivity contribution in [2.24, 2.45) is 5.92 Å². The molecule has 2 aromatic carbocycles. The van der Waals surface area contributed by atoms with E-state index in [4.69, 9.17) is 4.74 Å². The molecule has 2 unspecified atom stereocenters. The van der Waals surface area contributed by atoms with E-state index in [1.165, 1.54) is 54.4 Å². The van der Waals surface area contributed by atoms with E-state index in [0.717, 1.165) is 25.2 Å². The van der Waals surface area contributed by atoms with Crippen molar-refractivity contribution in [3.8, 4) is 11.1 Å². The molecule has 2 aromatic rings. The van der Waals surface area contributed by atoms with E-state index < -0.39 is 0 Å². The zero-order chi connectivity index (χ0) is 20.8. The lowest BCUT2D eigenvalue weighted by molar-refractivity contribution is 0.0839. The van der Waals surface area contributed by atoms with Gasteiger partial charge in [-0.3, -0.25) is 4.90 Å². The quantitative estimate of drug-likeness (QED) is 0.525. The van der Waals surface area contributed by atoms with Crippen LogP contribution in [0.2, 0.25) is 0 Å². The normalized spacial score (nSPS) is 25.2. The highest BCUT2D eigenvalue weighted by molar-refractivity contribution is 5.79. The van der Waals surface area contributed by atoms with Gasteiger partial charge in [-0.15, -0.1) is 0 Å². The molecule has 1 saturated carbocycles. The van der Waals surface area contributed by atoms with Crippen LogP contribution in [-0.4, -0.2) is 29.7 Å². The molecule has 3 heteroatoms. The third-order valence-corrected chi connectivity index (χ3v) is 8.10. The standard InChI is InChI=1S/C28H31NO2/c30-28(29-21-14-15-22(29)17-20(16-21)19-8-2-1-3-9-19)31-18-27-25-12-6-4-10-23(25)24-11-5-7-13-26(24)27/h4-7,10-13,16,19,21-22,27H,1-3,8-9,14-15,17-18H2. The van der Waals surface area contributed by atoms with E-state index in [0.29, 0.717) is 12.6 Å². The fraction of sp³-hybridized carbons (Fsp3) is 0.464. The Morgan fingerprint density at radius 2 is 1.55 bits per heavy atom. The molecule has 0 radical (unpaired) electrons. The minimum atomic E-state index is -0.117. The molecule has 31 heavy (non-hydrogen) atoms. The Labute approximate surface area is 185 Å². The first-order valence-electron chi connectivity index (χ1n) is 12.1. The monoisotopic (exact) mass is 413 g/mol. The summed E-state index contributed by atoms with van der Waals surface area (Å²) in [6.07, 6.45) is 12.4. The van der Waals surface area contributed by atoms with Crippen LogP contribution in [0.25, 0.3) is 11.1 Å². The van der Waals surface area contributed by atoms with Gasteiger partial charge in [0.25, 0.3) is 0 Å². The van der Waals surface area contributed by atoms with Gasteiger partial charge < -0.3 is 4.74 Å². The van der Waals surface area contributed by atoms with E-state index >= 15 is 0 Å². The van der Waals surface area contributed by atoms with E-state index in [1.54, 1.807) is 5.57 Å². The summed E-state index contributed by atoms with van der Waals surface area (Å²) in [7, 11) is 0. The van der Waals surface area contributed by atoms with E-state index in [1.807, 2.05) is 0 Å². The van der Waals surface area contributed by atoms with Gasteiger partial charge in [0.15, 0.2) is 0 Å². The van der Waals surface area contributed by atoms with Crippen molar-refractivity contribution in [1.82, 2.24) is 4.90 Å². The van der Waals surface area contributed by atoms with Crippen molar-refractivity contribution in [2.45, 2.75) is 69.4 Å². The van der Waals surface area contributed by atoms with Crippen LogP contribution in [0.15, 0.2) is 60.2 Å². The van der Waals surface area contributed by atoms with E-state index in [-0.39, 0.29) is 18.1 Å².